The van der Waals surface area contributed by atoms with Gasteiger partial charge in [0.25, 0.3) is 5.91 Å². The fraction of sp³-hybridized carbons (Fsp3) is 0.636. The van der Waals surface area contributed by atoms with Gasteiger partial charge in [-0.15, -0.1) is 11.3 Å². The van der Waals surface area contributed by atoms with Gasteiger partial charge < -0.3 is 9.64 Å². The molecule has 0 aromatic carbocycles. The van der Waals surface area contributed by atoms with E-state index in [4.69, 9.17) is 4.74 Å². The summed E-state index contributed by atoms with van der Waals surface area (Å²) in [6.07, 6.45) is 5.14. The molecule has 5 heterocycles. The second-order valence-electron chi connectivity index (χ2n) is 8.83. The van der Waals surface area contributed by atoms with E-state index < -0.39 is 0 Å². The largest absolute Gasteiger partial charge is 0.370 e. The van der Waals surface area contributed by atoms with Gasteiger partial charge in [0.1, 0.15) is 0 Å². The molecule has 0 bridgehead atoms. The van der Waals surface area contributed by atoms with E-state index in [1.807, 2.05) is 28.0 Å². The number of carbonyl (C=O) groups excluding carboxylic acids is 1. The van der Waals surface area contributed by atoms with Crippen LogP contribution in [0.15, 0.2) is 12.1 Å². The molecule has 156 valence electrons. The van der Waals surface area contributed by atoms with Crippen molar-refractivity contribution >= 4 is 17.2 Å². The van der Waals surface area contributed by atoms with Gasteiger partial charge >= 0.3 is 0 Å². The predicted molar refractivity (Wildman–Crippen MR) is 113 cm³/mol. The summed E-state index contributed by atoms with van der Waals surface area (Å²) < 4.78 is 8.39. The Balaban J connectivity index is 1.27. The number of rotatable bonds is 3. The number of aryl methyl sites for hydroxylation is 2. The van der Waals surface area contributed by atoms with Crippen LogP contribution < -0.4 is 0 Å². The number of thiophene rings is 1. The first kappa shape index (κ1) is 19.3. The number of amides is 1. The van der Waals surface area contributed by atoms with Crippen LogP contribution in [0.25, 0.3) is 0 Å². The van der Waals surface area contributed by atoms with Gasteiger partial charge in [-0.2, -0.15) is 5.10 Å². The van der Waals surface area contributed by atoms with Gasteiger partial charge in [-0.1, -0.05) is 0 Å². The maximum absolute atomic E-state index is 12.9. The molecule has 0 radical (unpaired) electrons. The lowest BCUT2D eigenvalue weighted by molar-refractivity contribution is -0.104. The lowest BCUT2D eigenvalue weighted by atomic mass is 9.83. The second-order valence-corrected chi connectivity index (χ2v) is 10.2. The molecule has 2 saturated heterocycles. The van der Waals surface area contributed by atoms with E-state index in [1.54, 1.807) is 0 Å². The molecule has 2 fully saturated rings. The summed E-state index contributed by atoms with van der Waals surface area (Å²) in [4.78, 5) is 20.2. The zero-order valence-corrected chi connectivity index (χ0v) is 18.3. The lowest BCUT2D eigenvalue weighted by Crippen LogP contribution is -2.49. The topological polar surface area (TPSA) is 50.6 Å². The Morgan fingerprint density at radius 1 is 1.21 bits per heavy atom. The molecule has 0 N–H and O–H groups in total. The van der Waals surface area contributed by atoms with Crippen LogP contribution in [0.1, 0.15) is 57.2 Å². The highest BCUT2D eigenvalue weighted by Crippen LogP contribution is 2.38. The Morgan fingerprint density at radius 3 is 2.66 bits per heavy atom. The number of nitrogens with zero attached hydrogens (tertiary/aromatic N) is 4. The van der Waals surface area contributed by atoms with Gasteiger partial charge in [-0.05, 0) is 44.7 Å². The van der Waals surface area contributed by atoms with Gasteiger partial charge in [-0.3, -0.25) is 14.4 Å². The van der Waals surface area contributed by atoms with Crippen molar-refractivity contribution in [3.63, 3.8) is 0 Å². The van der Waals surface area contributed by atoms with E-state index in [-0.39, 0.29) is 11.5 Å². The molecule has 2 aromatic heterocycles. The molecule has 3 aliphatic heterocycles. The first-order chi connectivity index (χ1) is 14.0. The normalized spacial score (nSPS) is 21.7. The van der Waals surface area contributed by atoms with Crippen LogP contribution in [0.5, 0.6) is 0 Å². The summed E-state index contributed by atoms with van der Waals surface area (Å²) in [6.45, 7) is 7.56. The first-order valence-electron chi connectivity index (χ1n) is 10.8. The summed E-state index contributed by atoms with van der Waals surface area (Å²) in [5.41, 5.74) is 2.73. The second kappa shape index (κ2) is 7.52. The van der Waals surface area contributed by atoms with E-state index in [9.17, 15) is 4.79 Å². The number of fused-ring (bicyclic) bond motifs is 1. The van der Waals surface area contributed by atoms with Crippen LogP contribution in [0, 0.1) is 6.92 Å². The number of ether oxygens (including phenoxy) is 1. The average Bonchev–Trinajstić information content (AvgIpc) is 3.45. The van der Waals surface area contributed by atoms with Crippen molar-refractivity contribution in [2.75, 3.05) is 26.2 Å². The zero-order chi connectivity index (χ0) is 20.0. The number of likely N-dealkylation sites (tertiary alicyclic amines) is 2. The molecular formula is C22H30N4O2S. The van der Waals surface area contributed by atoms with E-state index in [1.165, 1.54) is 15.4 Å². The monoisotopic (exact) mass is 414 g/mol. The fourth-order valence-corrected chi connectivity index (χ4v) is 5.96. The molecule has 3 aliphatic rings. The Kier molecular flexibility index (Phi) is 5.00. The SMILES string of the molecule is Cc1ccc(CN2CCC3(CC2)Cc2c(c(C(=O)N4CCCC4)nn2C)CO3)s1. The summed E-state index contributed by atoms with van der Waals surface area (Å²) in [5.74, 6) is 0.0833. The van der Waals surface area contributed by atoms with Crippen LogP contribution >= 0.6 is 11.3 Å². The van der Waals surface area contributed by atoms with Crippen LogP contribution in [-0.2, 0) is 31.4 Å². The quantitative estimate of drug-likeness (QED) is 0.774. The maximum Gasteiger partial charge on any atom is 0.274 e. The summed E-state index contributed by atoms with van der Waals surface area (Å²) in [6, 6.07) is 4.46. The Bertz CT molecular complexity index is 904. The molecule has 0 atom stereocenters. The molecule has 1 amide bonds. The molecule has 0 aliphatic carbocycles. The minimum Gasteiger partial charge on any atom is -0.370 e. The van der Waals surface area contributed by atoms with Crippen molar-refractivity contribution in [3.05, 3.63) is 38.8 Å². The lowest BCUT2D eigenvalue weighted by Gasteiger charge is -2.43. The molecule has 7 heteroatoms. The van der Waals surface area contributed by atoms with Crippen molar-refractivity contribution < 1.29 is 9.53 Å². The number of hydrogen-bond acceptors (Lipinski definition) is 5. The van der Waals surface area contributed by atoms with E-state index in [2.05, 4.69) is 29.1 Å². The maximum atomic E-state index is 12.9. The fourth-order valence-electron chi connectivity index (χ4n) is 5.03. The molecule has 0 unspecified atom stereocenters. The zero-order valence-electron chi connectivity index (χ0n) is 17.4. The van der Waals surface area contributed by atoms with Crippen LogP contribution in [0.3, 0.4) is 0 Å². The number of carbonyl (C=O) groups is 1. The van der Waals surface area contributed by atoms with Crippen molar-refractivity contribution in [1.29, 1.82) is 0 Å². The van der Waals surface area contributed by atoms with Gasteiger partial charge in [0.2, 0.25) is 0 Å². The smallest absolute Gasteiger partial charge is 0.274 e. The van der Waals surface area contributed by atoms with E-state index in [0.29, 0.717) is 12.3 Å². The van der Waals surface area contributed by atoms with Gasteiger partial charge in [0.15, 0.2) is 5.69 Å². The average molecular weight is 415 g/mol. The summed E-state index contributed by atoms with van der Waals surface area (Å²) >= 11 is 1.90. The van der Waals surface area contributed by atoms with Crippen LogP contribution in [0.4, 0.5) is 0 Å². The number of aromatic nitrogens is 2. The van der Waals surface area contributed by atoms with Crippen molar-refractivity contribution in [1.82, 2.24) is 19.6 Å². The molecule has 1 spiro atoms. The molecule has 2 aromatic rings. The van der Waals surface area contributed by atoms with Gasteiger partial charge in [0, 0.05) is 67.2 Å². The number of hydrogen-bond donors (Lipinski definition) is 0. The van der Waals surface area contributed by atoms with Crippen molar-refractivity contribution in [2.45, 2.75) is 57.8 Å². The molecule has 6 nitrogen and oxygen atoms in total. The minimum atomic E-state index is -0.101. The molecule has 29 heavy (non-hydrogen) atoms. The third kappa shape index (κ3) is 3.64. The standard InChI is InChI=1S/C22H30N4O2S/c1-16-5-6-17(29-16)14-25-11-7-22(8-12-25)13-19-18(15-28-22)20(23-24(19)2)21(27)26-9-3-4-10-26/h5-6H,3-4,7-15H2,1-2H3. The van der Waals surface area contributed by atoms with Gasteiger partial charge in [-0.25, -0.2) is 0 Å². The summed E-state index contributed by atoms with van der Waals surface area (Å²) in [5, 5.41) is 4.62. The predicted octanol–water partition coefficient (Wildman–Crippen LogP) is 3.13. The highest BCUT2D eigenvalue weighted by molar-refractivity contribution is 7.11. The highest BCUT2D eigenvalue weighted by atomic mass is 32.1. The number of piperidine rings is 1. The van der Waals surface area contributed by atoms with Crippen LogP contribution in [0.2, 0.25) is 0 Å². The van der Waals surface area contributed by atoms with Crippen LogP contribution in [-0.4, -0.2) is 57.3 Å². The summed E-state index contributed by atoms with van der Waals surface area (Å²) in [7, 11) is 1.98. The molecule has 0 saturated carbocycles. The van der Waals surface area contributed by atoms with Crippen molar-refractivity contribution in [3.8, 4) is 0 Å². The minimum absolute atomic E-state index is 0.0833. The third-order valence-electron chi connectivity index (χ3n) is 6.83. The Hall–Kier alpha value is -1.70. The molecular weight excluding hydrogens is 384 g/mol. The highest BCUT2D eigenvalue weighted by Gasteiger charge is 2.42. The van der Waals surface area contributed by atoms with Gasteiger partial charge in [0.05, 0.1) is 12.2 Å². The molecule has 5 rings (SSSR count). The first-order valence-corrected chi connectivity index (χ1v) is 11.6. The Labute approximate surface area is 176 Å². The van der Waals surface area contributed by atoms with E-state index >= 15 is 0 Å². The Morgan fingerprint density at radius 2 is 1.97 bits per heavy atom. The third-order valence-corrected chi connectivity index (χ3v) is 7.81. The van der Waals surface area contributed by atoms with Crippen molar-refractivity contribution in [2.24, 2.45) is 7.05 Å². The van der Waals surface area contributed by atoms with E-state index in [0.717, 1.165) is 70.4 Å².